The predicted molar refractivity (Wildman–Crippen MR) is 117 cm³/mol. The van der Waals surface area contributed by atoms with Gasteiger partial charge in [0.2, 0.25) is 5.91 Å². The van der Waals surface area contributed by atoms with E-state index in [9.17, 15) is 14.9 Å². The van der Waals surface area contributed by atoms with Gasteiger partial charge in [-0.1, -0.05) is 13.8 Å². The van der Waals surface area contributed by atoms with E-state index < -0.39 is 0 Å². The second-order valence-electron chi connectivity index (χ2n) is 7.55. The lowest BCUT2D eigenvalue weighted by atomic mass is 9.89. The molecule has 1 aliphatic rings. The minimum atomic E-state index is -0.314. The first-order valence-corrected chi connectivity index (χ1v) is 11.4. The Hall–Kier alpha value is -2.50. The average Bonchev–Trinajstić information content (AvgIpc) is 3.25. The number of aromatic nitrogens is 2. The van der Waals surface area contributed by atoms with Crippen molar-refractivity contribution in [1.29, 1.82) is 5.26 Å². The smallest absolute Gasteiger partial charge is 0.262 e. The van der Waals surface area contributed by atoms with Crippen molar-refractivity contribution in [3.63, 3.8) is 0 Å². The summed E-state index contributed by atoms with van der Waals surface area (Å²) < 4.78 is 1.41. The fraction of sp³-hybridized carbons (Fsp3) is 0.429. The fourth-order valence-electron chi connectivity index (χ4n) is 3.79. The second-order valence-corrected chi connectivity index (χ2v) is 9.77. The van der Waals surface area contributed by atoms with Crippen molar-refractivity contribution in [1.82, 2.24) is 9.55 Å². The topological polar surface area (TPSA) is 87.8 Å². The summed E-state index contributed by atoms with van der Waals surface area (Å²) in [5, 5.41) is 13.6. The lowest BCUT2D eigenvalue weighted by molar-refractivity contribution is -0.116. The van der Waals surface area contributed by atoms with Crippen LogP contribution in [-0.4, -0.2) is 15.5 Å². The SMILES string of the molecule is CCc1cc2c(=O)n(CC(=O)Nc3sc4c(c3C#N)CCC(C)C4)c(C)nc2s1. The molecule has 0 bridgehead atoms. The van der Waals surface area contributed by atoms with Crippen molar-refractivity contribution in [3.8, 4) is 6.07 Å². The number of carbonyl (C=O) groups excluding carboxylic acids is 1. The number of carbonyl (C=O) groups is 1. The van der Waals surface area contributed by atoms with E-state index in [1.54, 1.807) is 6.92 Å². The molecule has 4 rings (SSSR count). The van der Waals surface area contributed by atoms with Gasteiger partial charge in [0.05, 0.1) is 10.9 Å². The van der Waals surface area contributed by atoms with Crippen molar-refractivity contribution in [2.45, 2.75) is 53.0 Å². The van der Waals surface area contributed by atoms with Crippen molar-refractivity contribution < 1.29 is 4.79 Å². The van der Waals surface area contributed by atoms with Crippen LogP contribution in [0.5, 0.6) is 0 Å². The molecule has 1 N–H and O–H groups in total. The lowest BCUT2D eigenvalue weighted by Gasteiger charge is -2.17. The molecule has 29 heavy (non-hydrogen) atoms. The molecule has 0 fully saturated rings. The van der Waals surface area contributed by atoms with E-state index in [1.165, 1.54) is 32.1 Å². The Labute approximate surface area is 176 Å². The molecule has 150 valence electrons. The molecule has 3 heterocycles. The third-order valence-corrected chi connectivity index (χ3v) is 7.76. The molecule has 0 saturated heterocycles. The Kier molecular flexibility index (Phi) is 5.28. The monoisotopic (exact) mass is 426 g/mol. The maximum absolute atomic E-state index is 12.9. The summed E-state index contributed by atoms with van der Waals surface area (Å²) in [7, 11) is 0. The maximum Gasteiger partial charge on any atom is 0.262 e. The van der Waals surface area contributed by atoms with Crippen molar-refractivity contribution in [2.75, 3.05) is 5.32 Å². The molecule has 0 aromatic carbocycles. The number of amides is 1. The van der Waals surface area contributed by atoms with Crippen LogP contribution in [0.3, 0.4) is 0 Å². The van der Waals surface area contributed by atoms with Gasteiger partial charge in [0.25, 0.3) is 5.56 Å². The van der Waals surface area contributed by atoms with Gasteiger partial charge in [0, 0.05) is 9.75 Å². The molecule has 0 radical (unpaired) electrons. The van der Waals surface area contributed by atoms with Gasteiger partial charge in [-0.3, -0.25) is 14.2 Å². The van der Waals surface area contributed by atoms with Gasteiger partial charge in [0.15, 0.2) is 0 Å². The van der Waals surface area contributed by atoms with E-state index in [0.29, 0.717) is 32.5 Å². The van der Waals surface area contributed by atoms with Crippen LogP contribution in [0.25, 0.3) is 10.2 Å². The summed E-state index contributed by atoms with van der Waals surface area (Å²) in [4.78, 5) is 33.1. The van der Waals surface area contributed by atoms with Crippen molar-refractivity contribution >= 4 is 43.8 Å². The van der Waals surface area contributed by atoms with Gasteiger partial charge >= 0.3 is 0 Å². The van der Waals surface area contributed by atoms with Gasteiger partial charge in [-0.2, -0.15) is 5.26 Å². The van der Waals surface area contributed by atoms with E-state index in [-0.39, 0.29) is 18.0 Å². The standard InChI is InChI=1S/C21H22N4O2S2/c1-4-13-8-15-19(28-13)23-12(3)25(21(15)27)10-18(26)24-20-16(9-22)14-6-5-11(2)7-17(14)29-20/h8,11H,4-7,10H2,1-3H3,(H,24,26). The molecule has 1 aliphatic carbocycles. The Bertz CT molecular complexity index is 1210. The third kappa shape index (κ3) is 3.61. The van der Waals surface area contributed by atoms with Crippen LogP contribution in [0.2, 0.25) is 0 Å². The number of nitriles is 1. The van der Waals surface area contributed by atoms with Crippen molar-refractivity contribution in [3.05, 3.63) is 43.1 Å². The fourth-order valence-corrected chi connectivity index (χ4v) is 6.18. The summed E-state index contributed by atoms with van der Waals surface area (Å²) in [5.74, 6) is 0.793. The van der Waals surface area contributed by atoms with E-state index in [4.69, 9.17) is 0 Å². The van der Waals surface area contributed by atoms with Crippen LogP contribution in [-0.2, 0) is 30.6 Å². The van der Waals surface area contributed by atoms with Gasteiger partial charge in [-0.15, -0.1) is 22.7 Å². The number of nitrogens with zero attached hydrogens (tertiary/aromatic N) is 3. The van der Waals surface area contributed by atoms with Crippen LogP contribution in [0.4, 0.5) is 5.00 Å². The highest BCUT2D eigenvalue weighted by atomic mass is 32.1. The molecule has 1 unspecified atom stereocenters. The maximum atomic E-state index is 12.9. The number of hydrogen-bond donors (Lipinski definition) is 1. The Morgan fingerprint density at radius 1 is 1.45 bits per heavy atom. The number of thiophene rings is 2. The Balaban J connectivity index is 1.61. The molecule has 3 aromatic rings. The highest BCUT2D eigenvalue weighted by Gasteiger charge is 2.25. The highest BCUT2D eigenvalue weighted by molar-refractivity contribution is 7.18. The molecule has 3 aromatic heterocycles. The van der Waals surface area contributed by atoms with Gasteiger partial charge < -0.3 is 5.32 Å². The highest BCUT2D eigenvalue weighted by Crippen LogP contribution is 2.39. The number of aryl methyl sites for hydroxylation is 2. The van der Waals surface area contributed by atoms with Crippen molar-refractivity contribution in [2.24, 2.45) is 5.92 Å². The summed E-state index contributed by atoms with van der Waals surface area (Å²) in [6.07, 6.45) is 3.73. The number of nitrogens with one attached hydrogen (secondary N) is 1. The minimum Gasteiger partial charge on any atom is -0.315 e. The molecular weight excluding hydrogens is 404 g/mol. The van der Waals surface area contributed by atoms with Gasteiger partial charge in [-0.25, -0.2) is 4.98 Å². The van der Waals surface area contributed by atoms with E-state index in [2.05, 4.69) is 23.3 Å². The quantitative estimate of drug-likeness (QED) is 0.682. The summed E-state index contributed by atoms with van der Waals surface area (Å²) in [5.41, 5.74) is 1.46. The van der Waals surface area contributed by atoms with Gasteiger partial charge in [-0.05, 0) is 50.2 Å². The molecule has 0 saturated carbocycles. The van der Waals surface area contributed by atoms with Crippen LogP contribution in [0, 0.1) is 24.2 Å². The Morgan fingerprint density at radius 2 is 2.24 bits per heavy atom. The zero-order valence-corrected chi connectivity index (χ0v) is 18.3. The number of hydrogen-bond acceptors (Lipinski definition) is 6. The normalized spacial score (nSPS) is 15.9. The number of rotatable bonds is 4. The summed E-state index contributed by atoms with van der Waals surface area (Å²) >= 11 is 3.01. The minimum absolute atomic E-state index is 0.116. The zero-order valence-electron chi connectivity index (χ0n) is 16.7. The molecule has 6 nitrogen and oxygen atoms in total. The van der Waals surface area contributed by atoms with Crippen LogP contribution >= 0.6 is 22.7 Å². The number of fused-ring (bicyclic) bond motifs is 2. The zero-order chi connectivity index (χ0) is 20.7. The first-order valence-electron chi connectivity index (χ1n) is 9.75. The van der Waals surface area contributed by atoms with E-state index in [1.807, 2.05) is 13.0 Å². The molecule has 8 heteroatoms. The van der Waals surface area contributed by atoms with E-state index >= 15 is 0 Å². The van der Waals surface area contributed by atoms with Crippen LogP contribution in [0.1, 0.15) is 47.0 Å². The second kappa shape index (κ2) is 7.73. The third-order valence-electron chi connectivity index (χ3n) is 5.42. The lowest BCUT2D eigenvalue weighted by Crippen LogP contribution is -2.29. The molecule has 1 amide bonds. The Morgan fingerprint density at radius 3 is 2.97 bits per heavy atom. The number of anilines is 1. The van der Waals surface area contributed by atoms with Gasteiger partial charge in [0.1, 0.15) is 28.3 Å². The molecule has 0 aliphatic heterocycles. The average molecular weight is 427 g/mol. The first-order chi connectivity index (χ1) is 13.9. The summed E-state index contributed by atoms with van der Waals surface area (Å²) in [6.45, 7) is 5.87. The summed E-state index contributed by atoms with van der Waals surface area (Å²) in [6, 6.07) is 4.13. The van der Waals surface area contributed by atoms with Crippen LogP contribution in [0.15, 0.2) is 10.9 Å². The van der Waals surface area contributed by atoms with Crippen LogP contribution < -0.4 is 10.9 Å². The molecular formula is C21H22N4O2S2. The predicted octanol–water partition coefficient (Wildman–Crippen LogP) is 4.03. The molecule has 0 spiro atoms. The van der Waals surface area contributed by atoms with E-state index in [0.717, 1.165) is 36.1 Å². The molecule has 1 atom stereocenters. The largest absolute Gasteiger partial charge is 0.315 e. The first kappa shape index (κ1) is 19.8.